The molecule has 3 N–H and O–H groups in total. The van der Waals surface area contributed by atoms with Crippen molar-refractivity contribution in [2.24, 2.45) is 0 Å². The van der Waals surface area contributed by atoms with E-state index >= 15 is 0 Å². The summed E-state index contributed by atoms with van der Waals surface area (Å²) in [5, 5.41) is 19.0. The lowest BCUT2D eigenvalue weighted by molar-refractivity contribution is 0.239. The third kappa shape index (κ3) is 3.28. The van der Waals surface area contributed by atoms with Crippen molar-refractivity contribution in [2.45, 2.75) is 45.7 Å². The van der Waals surface area contributed by atoms with Crippen molar-refractivity contribution in [3.63, 3.8) is 0 Å². The molecular weight excluding hydrogens is 306 g/mol. The number of aromatic amines is 1. The van der Waals surface area contributed by atoms with E-state index in [2.05, 4.69) is 14.9 Å². The highest BCUT2D eigenvalue weighted by molar-refractivity contribution is 5.40. The number of nitrogens with zero attached hydrogens (tertiary/aromatic N) is 2. The first-order valence-corrected chi connectivity index (χ1v) is 8.10. The first kappa shape index (κ1) is 16.5. The molecule has 2 aromatic rings. The predicted octanol–water partition coefficient (Wildman–Crippen LogP) is 2.04. The summed E-state index contributed by atoms with van der Waals surface area (Å²) in [6, 6.07) is 4.84. The Morgan fingerprint density at radius 2 is 2.00 bits per heavy atom. The fraction of sp³-hybridized carbons (Fsp3) is 0.444. The number of phenolic OH excluding ortho intramolecular Hbond substituents is 2. The van der Waals surface area contributed by atoms with Gasteiger partial charge in [0, 0.05) is 30.6 Å². The Morgan fingerprint density at radius 3 is 2.67 bits per heavy atom. The van der Waals surface area contributed by atoms with Crippen molar-refractivity contribution in [2.75, 3.05) is 6.54 Å². The van der Waals surface area contributed by atoms with Crippen molar-refractivity contribution in [3.05, 3.63) is 51.2 Å². The van der Waals surface area contributed by atoms with Crippen LogP contribution < -0.4 is 5.56 Å². The highest BCUT2D eigenvalue weighted by Crippen LogP contribution is 2.26. The first-order valence-electron chi connectivity index (χ1n) is 8.10. The number of aromatic nitrogens is 2. The Labute approximate surface area is 140 Å². The van der Waals surface area contributed by atoms with E-state index in [-0.39, 0.29) is 22.5 Å². The van der Waals surface area contributed by atoms with Gasteiger partial charge in [-0.1, -0.05) is 26.8 Å². The lowest BCUT2D eigenvalue weighted by Crippen LogP contribution is -2.36. The number of hydrogen-bond donors (Lipinski definition) is 3. The number of H-pyrrole nitrogens is 1. The quantitative estimate of drug-likeness (QED) is 0.734. The molecule has 1 aromatic heterocycles. The largest absolute Gasteiger partial charge is 0.504 e. The molecule has 0 saturated carbocycles. The van der Waals surface area contributed by atoms with Gasteiger partial charge in [-0.3, -0.25) is 9.69 Å². The second kappa shape index (κ2) is 5.94. The smallest absolute Gasteiger partial charge is 0.254 e. The van der Waals surface area contributed by atoms with Crippen molar-refractivity contribution in [3.8, 4) is 11.5 Å². The number of nitrogens with one attached hydrogen (secondary N) is 1. The summed E-state index contributed by atoms with van der Waals surface area (Å²) >= 11 is 0. The molecule has 0 radical (unpaired) electrons. The summed E-state index contributed by atoms with van der Waals surface area (Å²) in [5.41, 5.74) is 2.27. The Balaban J connectivity index is 1.84. The summed E-state index contributed by atoms with van der Waals surface area (Å²) in [6.45, 7) is 8.07. The lowest BCUT2D eigenvalue weighted by atomic mass is 9.95. The molecule has 2 heterocycles. The summed E-state index contributed by atoms with van der Waals surface area (Å²) in [6.07, 6.45) is 0.659. The normalized spacial score (nSPS) is 15.3. The van der Waals surface area contributed by atoms with E-state index in [9.17, 15) is 15.0 Å². The molecule has 1 aliphatic heterocycles. The minimum Gasteiger partial charge on any atom is -0.504 e. The van der Waals surface area contributed by atoms with Gasteiger partial charge in [0.15, 0.2) is 11.5 Å². The second-order valence-electron chi connectivity index (χ2n) is 7.37. The number of phenols is 2. The van der Waals surface area contributed by atoms with E-state index in [4.69, 9.17) is 0 Å². The number of rotatable bonds is 2. The van der Waals surface area contributed by atoms with Crippen LogP contribution in [0.3, 0.4) is 0 Å². The van der Waals surface area contributed by atoms with Gasteiger partial charge in [-0.25, -0.2) is 4.98 Å². The molecule has 6 nitrogen and oxygen atoms in total. The van der Waals surface area contributed by atoms with Gasteiger partial charge in [-0.15, -0.1) is 0 Å². The minimum atomic E-state index is -0.209. The molecule has 1 aliphatic rings. The van der Waals surface area contributed by atoms with E-state index in [0.29, 0.717) is 25.3 Å². The van der Waals surface area contributed by atoms with Gasteiger partial charge >= 0.3 is 0 Å². The van der Waals surface area contributed by atoms with Crippen LogP contribution in [0, 0.1) is 0 Å². The first-order chi connectivity index (χ1) is 11.2. The molecule has 0 bridgehead atoms. The van der Waals surface area contributed by atoms with E-state index in [1.807, 2.05) is 20.8 Å². The third-order valence-corrected chi connectivity index (χ3v) is 4.31. The summed E-state index contributed by atoms with van der Waals surface area (Å²) in [5.74, 6) is 0.468. The molecular formula is C18H23N3O3. The molecule has 6 heteroatoms. The van der Waals surface area contributed by atoms with Gasteiger partial charge in [-0.2, -0.15) is 0 Å². The Bertz CT molecular complexity index is 821. The van der Waals surface area contributed by atoms with Crippen LogP contribution in [0.15, 0.2) is 23.0 Å². The van der Waals surface area contributed by atoms with Gasteiger partial charge in [0.25, 0.3) is 5.56 Å². The van der Waals surface area contributed by atoms with Gasteiger partial charge in [0.1, 0.15) is 5.82 Å². The molecule has 0 unspecified atom stereocenters. The SMILES string of the molecule is CC(C)(C)c1nc2c(c(=O)[nH]1)CCN(Cc1ccc(O)c(O)c1)C2. The van der Waals surface area contributed by atoms with Crippen molar-refractivity contribution >= 4 is 0 Å². The molecule has 0 spiro atoms. The van der Waals surface area contributed by atoms with Gasteiger partial charge in [-0.05, 0) is 24.1 Å². The maximum atomic E-state index is 12.3. The minimum absolute atomic E-state index is 0.0353. The Kier molecular flexibility index (Phi) is 4.09. The van der Waals surface area contributed by atoms with Crippen molar-refractivity contribution in [1.82, 2.24) is 14.9 Å². The van der Waals surface area contributed by atoms with Gasteiger partial charge in [0.05, 0.1) is 5.69 Å². The molecule has 3 rings (SSSR count). The summed E-state index contributed by atoms with van der Waals surface area (Å²) in [4.78, 5) is 22.1. The zero-order valence-corrected chi connectivity index (χ0v) is 14.3. The predicted molar refractivity (Wildman–Crippen MR) is 91.1 cm³/mol. The van der Waals surface area contributed by atoms with E-state index in [1.54, 1.807) is 12.1 Å². The third-order valence-electron chi connectivity index (χ3n) is 4.31. The highest BCUT2D eigenvalue weighted by atomic mass is 16.3. The monoisotopic (exact) mass is 329 g/mol. The van der Waals surface area contributed by atoms with E-state index < -0.39 is 0 Å². The Morgan fingerprint density at radius 1 is 1.25 bits per heavy atom. The van der Waals surface area contributed by atoms with Crippen LogP contribution in [-0.2, 0) is 24.9 Å². The standard InChI is InChI=1S/C18H23N3O3/c1-18(2,3)17-19-13-10-21(7-6-12(13)16(24)20-17)9-11-4-5-14(22)15(23)8-11/h4-5,8,22-23H,6-7,9-10H2,1-3H3,(H,19,20,24). The van der Waals surface area contributed by atoms with Gasteiger partial charge in [0.2, 0.25) is 0 Å². The maximum Gasteiger partial charge on any atom is 0.254 e. The van der Waals surface area contributed by atoms with Crippen LogP contribution in [0.1, 0.15) is 43.4 Å². The zero-order chi connectivity index (χ0) is 17.5. The lowest BCUT2D eigenvalue weighted by Gasteiger charge is -2.29. The summed E-state index contributed by atoms with van der Waals surface area (Å²) < 4.78 is 0. The molecule has 1 aromatic carbocycles. The van der Waals surface area contributed by atoms with Crippen LogP contribution in [0.5, 0.6) is 11.5 Å². The summed E-state index contributed by atoms with van der Waals surface area (Å²) in [7, 11) is 0. The second-order valence-corrected chi connectivity index (χ2v) is 7.37. The number of aromatic hydroxyl groups is 2. The van der Waals surface area contributed by atoms with Crippen molar-refractivity contribution < 1.29 is 10.2 Å². The van der Waals surface area contributed by atoms with Gasteiger partial charge < -0.3 is 15.2 Å². The molecule has 128 valence electrons. The molecule has 0 aliphatic carbocycles. The van der Waals surface area contributed by atoms with Crippen LogP contribution in [0.25, 0.3) is 0 Å². The molecule has 0 fully saturated rings. The van der Waals surface area contributed by atoms with E-state index in [0.717, 1.165) is 23.4 Å². The molecule has 0 saturated heterocycles. The molecule has 24 heavy (non-hydrogen) atoms. The average molecular weight is 329 g/mol. The number of hydrogen-bond acceptors (Lipinski definition) is 5. The molecule has 0 atom stereocenters. The maximum absolute atomic E-state index is 12.3. The highest BCUT2D eigenvalue weighted by Gasteiger charge is 2.24. The molecule has 0 amide bonds. The van der Waals surface area contributed by atoms with Crippen LogP contribution in [-0.4, -0.2) is 31.6 Å². The van der Waals surface area contributed by atoms with Crippen LogP contribution in [0.4, 0.5) is 0 Å². The fourth-order valence-electron chi connectivity index (χ4n) is 2.91. The zero-order valence-electron chi connectivity index (χ0n) is 14.3. The number of benzene rings is 1. The van der Waals surface area contributed by atoms with E-state index in [1.165, 1.54) is 6.07 Å². The topological polar surface area (TPSA) is 89.5 Å². The van der Waals surface area contributed by atoms with Crippen LogP contribution >= 0.6 is 0 Å². The number of fused-ring (bicyclic) bond motifs is 1. The average Bonchev–Trinajstić information content (AvgIpc) is 2.50. The van der Waals surface area contributed by atoms with Crippen LogP contribution in [0.2, 0.25) is 0 Å². The Hall–Kier alpha value is -2.34. The fourth-order valence-corrected chi connectivity index (χ4v) is 2.91. The van der Waals surface area contributed by atoms with Crippen molar-refractivity contribution in [1.29, 1.82) is 0 Å².